The Morgan fingerprint density at radius 1 is 1.29 bits per heavy atom. The van der Waals surface area contributed by atoms with E-state index in [2.05, 4.69) is 5.32 Å². The predicted octanol–water partition coefficient (Wildman–Crippen LogP) is 2.89. The van der Waals surface area contributed by atoms with E-state index in [1.807, 2.05) is 0 Å². The molecule has 1 fully saturated rings. The van der Waals surface area contributed by atoms with Gasteiger partial charge in [-0.25, -0.2) is 4.79 Å². The van der Waals surface area contributed by atoms with Crippen LogP contribution in [0.5, 0.6) is 5.75 Å². The van der Waals surface area contributed by atoms with Gasteiger partial charge in [0.2, 0.25) is 0 Å². The molecule has 0 atom stereocenters. The summed E-state index contributed by atoms with van der Waals surface area (Å²) in [7, 11) is 0. The first-order valence-electron chi connectivity index (χ1n) is 6.55. The molecule has 114 valence electrons. The molecule has 0 heterocycles. The van der Waals surface area contributed by atoms with Crippen molar-refractivity contribution in [3.8, 4) is 5.75 Å². The molecule has 0 aliphatic heterocycles. The van der Waals surface area contributed by atoms with Crippen molar-refractivity contribution in [2.45, 2.75) is 31.2 Å². The quantitative estimate of drug-likeness (QED) is 0.869. The molecule has 7 heteroatoms. The van der Waals surface area contributed by atoms with Crippen LogP contribution in [0.4, 0.5) is 0 Å². The number of rotatable bonds is 5. The Labute approximate surface area is 132 Å². The van der Waals surface area contributed by atoms with E-state index in [1.165, 1.54) is 6.07 Å². The Kier molecular flexibility index (Phi) is 4.96. The Hall–Kier alpha value is -1.46. The lowest BCUT2D eigenvalue weighted by Crippen LogP contribution is -2.53. The Bertz CT molecular complexity index is 556. The maximum Gasteiger partial charge on any atom is 0.329 e. The summed E-state index contributed by atoms with van der Waals surface area (Å²) in [5.74, 6) is -1.21. The lowest BCUT2D eigenvalue weighted by molar-refractivity contribution is -0.147. The predicted molar refractivity (Wildman–Crippen MR) is 78.9 cm³/mol. The van der Waals surface area contributed by atoms with Crippen molar-refractivity contribution in [3.63, 3.8) is 0 Å². The highest BCUT2D eigenvalue weighted by Crippen LogP contribution is 2.30. The van der Waals surface area contributed by atoms with E-state index in [9.17, 15) is 14.7 Å². The van der Waals surface area contributed by atoms with Crippen molar-refractivity contribution in [2.24, 2.45) is 0 Å². The van der Waals surface area contributed by atoms with E-state index in [0.29, 0.717) is 22.9 Å². The first-order valence-corrected chi connectivity index (χ1v) is 7.31. The molecule has 0 radical (unpaired) electrons. The highest BCUT2D eigenvalue weighted by molar-refractivity contribution is 6.34. The molecular formula is C14H15Cl2NO4. The Morgan fingerprint density at radius 3 is 2.57 bits per heavy atom. The number of amides is 1. The fraction of sp³-hybridized carbons (Fsp3) is 0.429. The van der Waals surface area contributed by atoms with Gasteiger partial charge < -0.3 is 15.2 Å². The first kappa shape index (κ1) is 15.9. The van der Waals surface area contributed by atoms with Gasteiger partial charge in [0, 0.05) is 11.1 Å². The average molecular weight is 332 g/mol. The summed E-state index contributed by atoms with van der Waals surface area (Å²) in [6, 6.07) is 4.67. The molecule has 1 amide bonds. The van der Waals surface area contributed by atoms with E-state index >= 15 is 0 Å². The zero-order valence-corrected chi connectivity index (χ0v) is 12.7. The van der Waals surface area contributed by atoms with Gasteiger partial charge in [-0.05, 0) is 25.0 Å². The standard InChI is InChI=1S/C14H15Cl2NO4/c15-9-3-4-10(16)11(7-9)21-8-12(18)17-14(13(19)20)5-1-2-6-14/h3-4,7H,1-2,5-6,8H2,(H,17,18)(H,19,20). The van der Waals surface area contributed by atoms with Crippen LogP contribution in [-0.2, 0) is 9.59 Å². The van der Waals surface area contributed by atoms with E-state index < -0.39 is 17.4 Å². The van der Waals surface area contributed by atoms with Crippen LogP contribution in [0.15, 0.2) is 18.2 Å². The van der Waals surface area contributed by atoms with Gasteiger partial charge in [0.05, 0.1) is 5.02 Å². The van der Waals surface area contributed by atoms with Crippen LogP contribution >= 0.6 is 23.2 Å². The Morgan fingerprint density at radius 2 is 1.95 bits per heavy atom. The third kappa shape index (κ3) is 3.80. The number of carbonyl (C=O) groups is 2. The van der Waals surface area contributed by atoms with Crippen molar-refractivity contribution < 1.29 is 19.4 Å². The number of hydrogen-bond donors (Lipinski definition) is 2. The maximum atomic E-state index is 11.9. The molecule has 0 aromatic heterocycles. The van der Waals surface area contributed by atoms with Crippen molar-refractivity contribution in [1.82, 2.24) is 5.32 Å². The van der Waals surface area contributed by atoms with Crippen LogP contribution in [0.1, 0.15) is 25.7 Å². The number of carboxylic acid groups (broad SMARTS) is 1. The summed E-state index contributed by atoms with van der Waals surface area (Å²) < 4.78 is 5.29. The summed E-state index contributed by atoms with van der Waals surface area (Å²) in [4.78, 5) is 23.2. The van der Waals surface area contributed by atoms with Crippen molar-refractivity contribution in [1.29, 1.82) is 0 Å². The summed E-state index contributed by atoms with van der Waals surface area (Å²) in [5, 5.41) is 12.6. The maximum absolute atomic E-state index is 11.9. The number of carbonyl (C=O) groups excluding carboxylic acids is 1. The van der Waals surface area contributed by atoms with E-state index in [0.717, 1.165) is 12.8 Å². The van der Waals surface area contributed by atoms with E-state index in [-0.39, 0.29) is 12.4 Å². The SMILES string of the molecule is O=C(COc1cc(Cl)ccc1Cl)NC1(C(=O)O)CCCC1. The molecular weight excluding hydrogens is 317 g/mol. The summed E-state index contributed by atoms with van der Waals surface area (Å²) >= 11 is 11.7. The molecule has 1 aliphatic carbocycles. The molecule has 1 aromatic carbocycles. The van der Waals surface area contributed by atoms with Crippen LogP contribution in [0.2, 0.25) is 10.0 Å². The monoisotopic (exact) mass is 331 g/mol. The number of carboxylic acids is 1. The second kappa shape index (κ2) is 6.54. The molecule has 1 aliphatic rings. The lowest BCUT2D eigenvalue weighted by atomic mass is 9.98. The zero-order chi connectivity index (χ0) is 15.5. The second-order valence-electron chi connectivity index (χ2n) is 5.01. The normalized spacial score (nSPS) is 16.5. The summed E-state index contributed by atoms with van der Waals surface area (Å²) in [6.45, 7) is -0.310. The number of aliphatic carboxylic acids is 1. The summed E-state index contributed by atoms with van der Waals surface area (Å²) in [5.41, 5.74) is -1.17. The highest BCUT2D eigenvalue weighted by atomic mass is 35.5. The van der Waals surface area contributed by atoms with Crippen molar-refractivity contribution in [3.05, 3.63) is 28.2 Å². The molecule has 0 saturated heterocycles. The van der Waals surface area contributed by atoms with Gasteiger partial charge >= 0.3 is 5.97 Å². The van der Waals surface area contributed by atoms with Crippen LogP contribution in [-0.4, -0.2) is 29.1 Å². The molecule has 1 saturated carbocycles. The topological polar surface area (TPSA) is 75.6 Å². The van der Waals surface area contributed by atoms with Gasteiger partial charge in [-0.2, -0.15) is 0 Å². The summed E-state index contributed by atoms with van der Waals surface area (Å²) in [6.07, 6.45) is 2.44. The minimum atomic E-state index is -1.17. The molecule has 2 N–H and O–H groups in total. The number of benzene rings is 1. The minimum absolute atomic E-state index is 0.287. The smallest absolute Gasteiger partial charge is 0.329 e. The van der Waals surface area contributed by atoms with Crippen molar-refractivity contribution >= 4 is 35.1 Å². The molecule has 5 nitrogen and oxygen atoms in total. The second-order valence-corrected chi connectivity index (χ2v) is 5.85. The van der Waals surface area contributed by atoms with Gasteiger partial charge in [0.1, 0.15) is 11.3 Å². The molecule has 0 spiro atoms. The number of hydrogen-bond acceptors (Lipinski definition) is 3. The van der Waals surface area contributed by atoms with Gasteiger partial charge in [0.25, 0.3) is 5.91 Å². The highest BCUT2D eigenvalue weighted by Gasteiger charge is 2.42. The molecule has 21 heavy (non-hydrogen) atoms. The zero-order valence-electron chi connectivity index (χ0n) is 11.2. The van der Waals surface area contributed by atoms with Gasteiger partial charge in [0.15, 0.2) is 6.61 Å². The fourth-order valence-corrected chi connectivity index (χ4v) is 2.74. The number of nitrogens with one attached hydrogen (secondary N) is 1. The molecule has 0 bridgehead atoms. The number of ether oxygens (including phenoxy) is 1. The third-order valence-electron chi connectivity index (χ3n) is 3.50. The van der Waals surface area contributed by atoms with Crippen LogP contribution < -0.4 is 10.1 Å². The molecule has 1 aromatic rings. The van der Waals surface area contributed by atoms with Gasteiger partial charge in [-0.3, -0.25) is 4.79 Å². The molecule has 2 rings (SSSR count). The average Bonchev–Trinajstić information content (AvgIpc) is 2.89. The lowest BCUT2D eigenvalue weighted by Gasteiger charge is -2.25. The van der Waals surface area contributed by atoms with Crippen LogP contribution in [0, 0.1) is 0 Å². The number of halogens is 2. The molecule has 0 unspecified atom stereocenters. The fourth-order valence-electron chi connectivity index (χ4n) is 2.40. The minimum Gasteiger partial charge on any atom is -0.482 e. The Balaban J connectivity index is 1.96. The van der Waals surface area contributed by atoms with Gasteiger partial charge in [-0.15, -0.1) is 0 Å². The van der Waals surface area contributed by atoms with Gasteiger partial charge in [-0.1, -0.05) is 36.0 Å². The third-order valence-corrected chi connectivity index (χ3v) is 4.04. The van der Waals surface area contributed by atoms with E-state index in [1.54, 1.807) is 12.1 Å². The van der Waals surface area contributed by atoms with Crippen LogP contribution in [0.3, 0.4) is 0 Å². The van der Waals surface area contributed by atoms with Crippen LogP contribution in [0.25, 0.3) is 0 Å². The van der Waals surface area contributed by atoms with E-state index in [4.69, 9.17) is 27.9 Å². The largest absolute Gasteiger partial charge is 0.482 e. The van der Waals surface area contributed by atoms with Crippen molar-refractivity contribution in [2.75, 3.05) is 6.61 Å². The first-order chi connectivity index (χ1) is 9.93.